The average molecular weight is 425 g/mol. The van der Waals surface area contributed by atoms with E-state index < -0.39 is 0 Å². The highest BCUT2D eigenvalue weighted by molar-refractivity contribution is 5.63. The Bertz CT molecular complexity index is 1080. The maximum Gasteiger partial charge on any atom is 0.230 e. The number of hydrogen-bond acceptors (Lipinski definition) is 5. The van der Waals surface area contributed by atoms with Crippen LogP contribution in [0, 0.1) is 0 Å². The fourth-order valence-electron chi connectivity index (χ4n) is 4.27. The molecule has 0 amide bonds. The minimum Gasteiger partial charge on any atom is -0.363 e. The largest absolute Gasteiger partial charge is 0.363 e. The number of aromatic nitrogens is 2. The first-order chi connectivity index (χ1) is 15.8. The van der Waals surface area contributed by atoms with Gasteiger partial charge in [-0.05, 0) is 49.2 Å². The second kappa shape index (κ2) is 9.79. The summed E-state index contributed by atoms with van der Waals surface area (Å²) in [6.07, 6.45) is 2.09. The zero-order chi connectivity index (χ0) is 21.6. The summed E-state index contributed by atoms with van der Waals surface area (Å²) in [5.41, 5.74) is 4.68. The highest BCUT2D eigenvalue weighted by Crippen LogP contribution is 2.29. The summed E-state index contributed by atoms with van der Waals surface area (Å²) in [5.74, 6) is 1.78. The monoisotopic (exact) mass is 424 g/mol. The predicted molar refractivity (Wildman–Crippen MR) is 127 cm³/mol. The molecule has 0 radical (unpaired) electrons. The third-order valence-electron chi connectivity index (χ3n) is 6.03. The van der Waals surface area contributed by atoms with Gasteiger partial charge in [-0.3, -0.25) is 0 Å². The van der Waals surface area contributed by atoms with E-state index in [0.29, 0.717) is 11.7 Å². The Balaban J connectivity index is 1.42. The summed E-state index contributed by atoms with van der Waals surface area (Å²) in [7, 11) is 0. The zero-order valence-electron chi connectivity index (χ0n) is 18.2. The first-order valence-electron chi connectivity index (χ1n) is 11.3. The highest BCUT2D eigenvalue weighted by atomic mass is 16.5. The Morgan fingerprint density at radius 2 is 1.47 bits per heavy atom. The second-order valence-electron chi connectivity index (χ2n) is 8.36. The van der Waals surface area contributed by atoms with E-state index in [1.54, 1.807) is 0 Å². The van der Waals surface area contributed by atoms with Gasteiger partial charge >= 0.3 is 0 Å². The van der Waals surface area contributed by atoms with Crippen molar-refractivity contribution >= 4 is 5.69 Å². The summed E-state index contributed by atoms with van der Waals surface area (Å²) in [6, 6.07) is 29.6. The van der Waals surface area contributed by atoms with Crippen LogP contribution in [0.4, 0.5) is 5.69 Å². The van der Waals surface area contributed by atoms with Gasteiger partial charge in [0, 0.05) is 30.3 Å². The van der Waals surface area contributed by atoms with Gasteiger partial charge in [0.2, 0.25) is 11.7 Å². The molecule has 1 aliphatic rings. The molecule has 0 aliphatic carbocycles. The van der Waals surface area contributed by atoms with Crippen molar-refractivity contribution in [2.45, 2.75) is 31.8 Å². The normalized spacial score (nSPS) is 14.4. The van der Waals surface area contributed by atoms with Crippen LogP contribution in [0.5, 0.6) is 0 Å². The van der Waals surface area contributed by atoms with E-state index in [2.05, 4.69) is 100 Å². The average Bonchev–Trinajstić information content (AvgIpc) is 3.36. The van der Waals surface area contributed by atoms with Gasteiger partial charge in [0.15, 0.2) is 0 Å². The number of benzene rings is 3. The topological polar surface area (TPSA) is 54.2 Å². The molecule has 32 heavy (non-hydrogen) atoms. The molecule has 0 saturated carbocycles. The van der Waals surface area contributed by atoms with Gasteiger partial charge in [-0.25, -0.2) is 0 Å². The second-order valence-corrected chi connectivity index (χ2v) is 8.36. The van der Waals surface area contributed by atoms with Gasteiger partial charge in [-0.1, -0.05) is 78.0 Å². The summed E-state index contributed by atoms with van der Waals surface area (Å²) in [5, 5.41) is 7.69. The van der Waals surface area contributed by atoms with Crippen LogP contribution in [0.2, 0.25) is 0 Å². The third kappa shape index (κ3) is 4.89. The Hall–Kier alpha value is -3.44. The van der Waals surface area contributed by atoms with Crippen LogP contribution >= 0.6 is 0 Å². The fraction of sp³-hybridized carbons (Fsp3) is 0.259. The molecule has 1 fully saturated rings. The lowest BCUT2D eigenvalue weighted by atomic mass is 9.98. The standard InChI is InChI=1S/C27H28N4O/c1-3-8-21(9-4-1)19-31(20-22-10-5-2-6-11-22)25-13-7-12-24(18-25)26-29-27(32-30-26)23-14-16-28-17-15-23/h1-13,18,23,28H,14-17,19-20H2. The quantitative estimate of drug-likeness (QED) is 0.430. The smallest absolute Gasteiger partial charge is 0.230 e. The first kappa shape index (κ1) is 20.5. The minimum absolute atomic E-state index is 0.355. The van der Waals surface area contributed by atoms with E-state index in [-0.39, 0.29) is 0 Å². The van der Waals surface area contributed by atoms with Gasteiger partial charge in [0.1, 0.15) is 0 Å². The van der Waals surface area contributed by atoms with Crippen molar-refractivity contribution in [2.24, 2.45) is 0 Å². The molecule has 1 aliphatic heterocycles. The van der Waals surface area contributed by atoms with Crippen molar-refractivity contribution in [3.05, 3.63) is 102 Å². The molecule has 5 rings (SSSR count). The molecule has 162 valence electrons. The number of nitrogens with zero attached hydrogens (tertiary/aromatic N) is 3. The lowest BCUT2D eigenvalue weighted by Crippen LogP contribution is -2.26. The number of anilines is 1. The molecular formula is C27H28N4O. The van der Waals surface area contributed by atoms with Crippen LogP contribution in [-0.2, 0) is 13.1 Å². The predicted octanol–water partition coefficient (Wildman–Crippen LogP) is 5.41. The van der Waals surface area contributed by atoms with E-state index in [4.69, 9.17) is 9.51 Å². The summed E-state index contributed by atoms with van der Waals surface area (Å²) in [4.78, 5) is 7.14. The fourth-order valence-corrected chi connectivity index (χ4v) is 4.27. The van der Waals surface area contributed by atoms with E-state index >= 15 is 0 Å². The lowest BCUT2D eigenvalue weighted by molar-refractivity contribution is 0.320. The van der Waals surface area contributed by atoms with E-state index in [1.807, 2.05) is 0 Å². The molecule has 0 spiro atoms. The molecule has 5 heteroatoms. The van der Waals surface area contributed by atoms with Crippen molar-refractivity contribution in [1.29, 1.82) is 0 Å². The van der Waals surface area contributed by atoms with Crippen molar-refractivity contribution in [3.8, 4) is 11.4 Å². The van der Waals surface area contributed by atoms with Crippen molar-refractivity contribution in [3.63, 3.8) is 0 Å². The van der Waals surface area contributed by atoms with Gasteiger partial charge in [-0.2, -0.15) is 4.98 Å². The van der Waals surface area contributed by atoms with Crippen LogP contribution in [0.25, 0.3) is 11.4 Å². The van der Waals surface area contributed by atoms with Crippen molar-refractivity contribution < 1.29 is 4.52 Å². The number of piperidine rings is 1. The molecule has 5 nitrogen and oxygen atoms in total. The molecule has 2 heterocycles. The summed E-state index contributed by atoms with van der Waals surface area (Å²) < 4.78 is 5.65. The van der Waals surface area contributed by atoms with Crippen LogP contribution < -0.4 is 10.2 Å². The maximum atomic E-state index is 5.65. The molecule has 1 saturated heterocycles. The Morgan fingerprint density at radius 3 is 2.12 bits per heavy atom. The van der Waals surface area contributed by atoms with E-state index in [0.717, 1.165) is 56.2 Å². The number of hydrogen-bond donors (Lipinski definition) is 1. The molecule has 1 aromatic heterocycles. The number of rotatable bonds is 7. The maximum absolute atomic E-state index is 5.65. The molecule has 1 N–H and O–H groups in total. The SMILES string of the molecule is c1ccc(CN(Cc2ccccc2)c2cccc(-c3noc(C4CCNCC4)n3)c2)cc1. The Morgan fingerprint density at radius 1 is 0.812 bits per heavy atom. The molecule has 0 atom stereocenters. The van der Waals surface area contributed by atoms with Crippen LogP contribution in [0.3, 0.4) is 0 Å². The van der Waals surface area contributed by atoms with Crippen LogP contribution in [0.1, 0.15) is 35.8 Å². The molecule has 4 aromatic rings. The molecule has 0 unspecified atom stereocenters. The number of nitrogens with one attached hydrogen (secondary N) is 1. The van der Waals surface area contributed by atoms with E-state index in [1.165, 1.54) is 11.1 Å². The lowest BCUT2D eigenvalue weighted by Gasteiger charge is -2.25. The van der Waals surface area contributed by atoms with Gasteiger partial charge in [0.05, 0.1) is 0 Å². The molecular weight excluding hydrogens is 396 g/mol. The van der Waals surface area contributed by atoms with Crippen LogP contribution in [-0.4, -0.2) is 23.2 Å². The molecule has 3 aromatic carbocycles. The Kier molecular flexibility index (Phi) is 6.26. The van der Waals surface area contributed by atoms with Crippen molar-refractivity contribution in [2.75, 3.05) is 18.0 Å². The highest BCUT2D eigenvalue weighted by Gasteiger charge is 2.22. The van der Waals surface area contributed by atoms with Gasteiger partial charge in [-0.15, -0.1) is 0 Å². The molecule has 0 bridgehead atoms. The van der Waals surface area contributed by atoms with Crippen molar-refractivity contribution in [1.82, 2.24) is 15.5 Å². The minimum atomic E-state index is 0.355. The Labute approximate surface area is 189 Å². The van der Waals surface area contributed by atoms with Gasteiger partial charge < -0.3 is 14.7 Å². The zero-order valence-corrected chi connectivity index (χ0v) is 18.2. The van der Waals surface area contributed by atoms with Crippen LogP contribution in [0.15, 0.2) is 89.5 Å². The van der Waals surface area contributed by atoms with E-state index in [9.17, 15) is 0 Å². The first-order valence-corrected chi connectivity index (χ1v) is 11.3. The van der Waals surface area contributed by atoms with Gasteiger partial charge in [0.25, 0.3) is 0 Å². The summed E-state index contributed by atoms with van der Waals surface area (Å²) in [6.45, 7) is 3.66. The summed E-state index contributed by atoms with van der Waals surface area (Å²) >= 11 is 0. The third-order valence-corrected chi connectivity index (χ3v) is 6.03.